The lowest BCUT2D eigenvalue weighted by atomic mass is 9.33. The van der Waals surface area contributed by atoms with Crippen LogP contribution in [0.25, 0.3) is 0 Å². The second-order valence-electron chi connectivity index (χ2n) is 14.7. The molecule has 0 aliphatic heterocycles. The van der Waals surface area contributed by atoms with Crippen LogP contribution in [0.2, 0.25) is 0 Å². The summed E-state index contributed by atoms with van der Waals surface area (Å²) in [6.45, 7) is 16.5. The topological polar surface area (TPSA) is 63.6 Å². The Labute approximate surface area is 212 Å². The number of fused-ring (bicyclic) bond motifs is 7. The maximum Gasteiger partial charge on any atom is 0.309 e. The summed E-state index contributed by atoms with van der Waals surface area (Å²) in [5, 5.41) is 11.4. The summed E-state index contributed by atoms with van der Waals surface area (Å²) in [5.74, 6) is 1.38. The Hall–Kier alpha value is -1.16. The van der Waals surface area contributed by atoms with Crippen molar-refractivity contribution in [3.8, 4) is 0 Å². The predicted molar refractivity (Wildman–Crippen MR) is 137 cm³/mol. The van der Waals surface area contributed by atoms with Crippen molar-refractivity contribution < 1.29 is 19.4 Å². The molecule has 0 radical (unpaired) electrons. The van der Waals surface area contributed by atoms with Crippen molar-refractivity contribution in [1.82, 2.24) is 0 Å². The summed E-state index contributed by atoms with van der Waals surface area (Å²) in [7, 11) is 1.47. The molecule has 5 aliphatic carbocycles. The van der Waals surface area contributed by atoms with Gasteiger partial charge in [0.1, 0.15) is 5.78 Å². The van der Waals surface area contributed by atoms with Crippen LogP contribution in [0.5, 0.6) is 0 Å². The van der Waals surface area contributed by atoms with Gasteiger partial charge < -0.3 is 9.84 Å². The molecular formula is C31H48O4. The molecule has 0 amide bonds. The van der Waals surface area contributed by atoms with Crippen LogP contribution in [0, 0.1) is 56.7 Å². The Bertz CT molecular complexity index is 965. The molecule has 4 fully saturated rings. The Balaban J connectivity index is 1.59. The van der Waals surface area contributed by atoms with E-state index in [-0.39, 0.29) is 50.8 Å². The molecule has 35 heavy (non-hydrogen) atoms. The lowest BCUT2D eigenvalue weighted by Gasteiger charge is -2.71. The van der Waals surface area contributed by atoms with Crippen LogP contribution in [0.15, 0.2) is 11.6 Å². The van der Waals surface area contributed by atoms with E-state index in [0.717, 1.165) is 38.5 Å². The van der Waals surface area contributed by atoms with Gasteiger partial charge in [0, 0.05) is 17.3 Å². The Kier molecular flexibility index (Phi) is 5.59. The highest BCUT2D eigenvalue weighted by Crippen LogP contribution is 2.75. The summed E-state index contributed by atoms with van der Waals surface area (Å²) < 4.78 is 5.19. The summed E-state index contributed by atoms with van der Waals surface area (Å²) in [6.07, 6.45) is 9.72. The average molecular weight is 485 g/mol. The molecule has 0 spiro atoms. The average Bonchev–Trinajstić information content (AvgIpc) is 2.79. The van der Waals surface area contributed by atoms with Crippen LogP contribution in [-0.4, -0.2) is 30.1 Å². The largest absolute Gasteiger partial charge is 0.469 e. The number of carbonyl (C=O) groups is 2. The molecule has 1 N–H and O–H groups in total. The van der Waals surface area contributed by atoms with Crippen LogP contribution in [0.4, 0.5) is 0 Å². The van der Waals surface area contributed by atoms with Crippen LogP contribution < -0.4 is 0 Å². The van der Waals surface area contributed by atoms with Gasteiger partial charge in [-0.05, 0) is 84.9 Å². The molecule has 0 saturated heterocycles. The molecule has 5 aliphatic rings. The molecule has 0 bridgehead atoms. The van der Waals surface area contributed by atoms with E-state index in [1.807, 2.05) is 0 Å². The van der Waals surface area contributed by atoms with Crippen LogP contribution >= 0.6 is 0 Å². The highest BCUT2D eigenvalue weighted by Gasteiger charge is 2.69. The van der Waals surface area contributed by atoms with Gasteiger partial charge in [-0.3, -0.25) is 9.59 Å². The second kappa shape index (κ2) is 7.68. The molecule has 0 aromatic rings. The fourth-order valence-corrected chi connectivity index (χ4v) is 10.9. The Morgan fingerprint density at radius 1 is 1.00 bits per heavy atom. The minimum atomic E-state index is -0.484. The summed E-state index contributed by atoms with van der Waals surface area (Å²) in [6, 6.07) is 0. The zero-order chi connectivity index (χ0) is 25.8. The van der Waals surface area contributed by atoms with Crippen molar-refractivity contribution in [2.24, 2.45) is 56.7 Å². The number of aliphatic hydroxyl groups is 1. The van der Waals surface area contributed by atoms with Gasteiger partial charge >= 0.3 is 5.97 Å². The molecular weight excluding hydrogens is 436 g/mol. The normalized spacial score (nSPS) is 52.8. The molecule has 5 rings (SSSR count). The first kappa shape index (κ1) is 25.5. The summed E-state index contributed by atoms with van der Waals surface area (Å²) in [4.78, 5) is 25.7. The van der Waals surface area contributed by atoms with Gasteiger partial charge in [-0.25, -0.2) is 0 Å². The van der Waals surface area contributed by atoms with Gasteiger partial charge in [0.2, 0.25) is 0 Å². The fourth-order valence-electron chi connectivity index (χ4n) is 10.9. The highest BCUT2D eigenvalue weighted by atomic mass is 16.5. The molecule has 4 saturated carbocycles. The first-order chi connectivity index (χ1) is 16.2. The van der Waals surface area contributed by atoms with E-state index < -0.39 is 6.10 Å². The zero-order valence-electron chi connectivity index (χ0n) is 23.4. The van der Waals surface area contributed by atoms with E-state index in [0.29, 0.717) is 30.5 Å². The monoisotopic (exact) mass is 484 g/mol. The molecule has 10 atom stereocenters. The Morgan fingerprint density at radius 3 is 2.34 bits per heavy atom. The number of methoxy groups -OCH3 is 1. The van der Waals surface area contributed by atoms with Crippen LogP contribution in [-0.2, 0) is 14.3 Å². The lowest BCUT2D eigenvalue weighted by molar-refractivity contribution is -0.194. The quantitative estimate of drug-likeness (QED) is 0.348. The molecule has 4 heteroatoms. The van der Waals surface area contributed by atoms with E-state index in [9.17, 15) is 14.7 Å². The molecule has 0 aromatic carbocycles. The molecule has 4 nitrogen and oxygen atoms in total. The van der Waals surface area contributed by atoms with Crippen LogP contribution in [0.1, 0.15) is 99.8 Å². The van der Waals surface area contributed by atoms with Crippen molar-refractivity contribution in [1.29, 1.82) is 0 Å². The number of ether oxygens (including phenoxy) is 1. The number of rotatable bonds is 1. The van der Waals surface area contributed by atoms with Crippen molar-refractivity contribution in [2.75, 3.05) is 7.11 Å². The van der Waals surface area contributed by atoms with Crippen molar-refractivity contribution in [3.05, 3.63) is 11.6 Å². The number of hydrogen-bond donors (Lipinski definition) is 1. The van der Waals surface area contributed by atoms with Crippen molar-refractivity contribution in [2.45, 2.75) is 106 Å². The maximum atomic E-state index is 12.9. The number of carbonyl (C=O) groups excluding carboxylic acids is 2. The smallest absolute Gasteiger partial charge is 0.309 e. The maximum absolute atomic E-state index is 12.9. The molecule has 0 aromatic heterocycles. The third-order valence-electron chi connectivity index (χ3n) is 13.4. The van der Waals surface area contributed by atoms with E-state index in [1.165, 1.54) is 12.7 Å². The number of hydrogen-bond acceptors (Lipinski definition) is 4. The first-order valence-corrected chi connectivity index (χ1v) is 14.2. The summed E-state index contributed by atoms with van der Waals surface area (Å²) >= 11 is 0. The fraction of sp³-hybridized carbons (Fsp3) is 0.871. The molecule has 196 valence electrons. The minimum Gasteiger partial charge on any atom is -0.469 e. The van der Waals surface area contributed by atoms with Crippen molar-refractivity contribution >= 4 is 11.8 Å². The van der Waals surface area contributed by atoms with E-state index in [4.69, 9.17) is 4.74 Å². The van der Waals surface area contributed by atoms with Gasteiger partial charge in [-0.1, -0.05) is 60.1 Å². The Morgan fingerprint density at radius 2 is 1.69 bits per heavy atom. The van der Waals surface area contributed by atoms with Gasteiger partial charge in [0.25, 0.3) is 0 Å². The number of ketones is 1. The van der Waals surface area contributed by atoms with E-state index in [2.05, 4.69) is 54.5 Å². The van der Waals surface area contributed by atoms with Crippen molar-refractivity contribution in [3.63, 3.8) is 0 Å². The van der Waals surface area contributed by atoms with E-state index >= 15 is 0 Å². The van der Waals surface area contributed by atoms with Gasteiger partial charge in [0.15, 0.2) is 0 Å². The SMILES string of the molecule is COC(=O)[C@@H]1C[C@H](O)[C@]2(C)CC[C@]3(C)C(=CCC4[C@@]5(C)CCC(=O)C(C)(C)C5CC[C@]43C)C2[C@H]1C. The van der Waals surface area contributed by atoms with Gasteiger partial charge in [0.05, 0.1) is 19.1 Å². The van der Waals surface area contributed by atoms with E-state index in [1.54, 1.807) is 0 Å². The number of esters is 1. The third kappa shape index (κ3) is 3.01. The highest BCUT2D eigenvalue weighted by molar-refractivity contribution is 5.85. The predicted octanol–water partition coefficient (Wildman–Crippen LogP) is 6.36. The van der Waals surface area contributed by atoms with Gasteiger partial charge in [-0.15, -0.1) is 0 Å². The minimum absolute atomic E-state index is 0.0473. The zero-order valence-corrected chi connectivity index (χ0v) is 23.4. The molecule has 3 unspecified atom stereocenters. The second-order valence-corrected chi connectivity index (χ2v) is 14.7. The first-order valence-electron chi connectivity index (χ1n) is 14.2. The third-order valence-corrected chi connectivity index (χ3v) is 13.4. The molecule has 0 heterocycles. The number of aliphatic hydroxyl groups excluding tert-OH is 1. The standard InChI is InChI=1S/C31H48O4/c1-18-19(26(34)35-8)17-24(33)29(5)15-16-30(6)20(25(18)29)9-10-22-28(4)13-12-23(32)27(2,3)21(28)11-14-31(22,30)7/h9,18-19,21-22,24-25,33H,10-17H2,1-8H3/t18-,19+,21?,22?,24-,25?,28-,29-,30+,31+/m0/s1. The van der Waals surface area contributed by atoms with Gasteiger partial charge in [-0.2, -0.15) is 0 Å². The van der Waals surface area contributed by atoms with Crippen LogP contribution in [0.3, 0.4) is 0 Å². The number of allylic oxidation sites excluding steroid dienone is 2. The summed E-state index contributed by atoms with van der Waals surface area (Å²) in [5.41, 5.74) is 1.45. The lowest BCUT2D eigenvalue weighted by Crippen LogP contribution is -2.65. The number of Topliss-reactive ketones (excluding diaryl/α,β-unsaturated/α-hetero) is 1.